The average Bonchev–Trinajstić information content (AvgIpc) is 2.95. The van der Waals surface area contributed by atoms with E-state index in [-0.39, 0.29) is 5.78 Å². The molecule has 3 heteroatoms. The molecule has 0 saturated carbocycles. The maximum Gasteiger partial charge on any atom is 0.193 e. The smallest absolute Gasteiger partial charge is 0.193 e. The minimum atomic E-state index is 0.0447. The predicted molar refractivity (Wildman–Crippen MR) is 154 cm³/mol. The minimum absolute atomic E-state index is 0.0447. The number of anilines is 2. The van der Waals surface area contributed by atoms with Gasteiger partial charge in [0.15, 0.2) is 5.78 Å². The summed E-state index contributed by atoms with van der Waals surface area (Å²) in [7, 11) is 0. The van der Waals surface area contributed by atoms with Crippen molar-refractivity contribution in [1.29, 1.82) is 0 Å². The monoisotopic (exact) mass is 476 g/mol. The number of carbonyl (C=O) groups excluding carboxylic acids is 1. The number of hydrogen-bond donors (Lipinski definition) is 0. The lowest BCUT2D eigenvalue weighted by atomic mass is 9.86. The van der Waals surface area contributed by atoms with Gasteiger partial charge in [0.2, 0.25) is 0 Å². The molecule has 3 nitrogen and oxygen atoms in total. The summed E-state index contributed by atoms with van der Waals surface area (Å²) in [5.74, 6) is 0.0447. The second-order valence-electron chi connectivity index (χ2n) is 8.83. The second kappa shape index (κ2) is 11.7. The van der Waals surface area contributed by atoms with E-state index in [0.717, 1.165) is 65.4 Å². The van der Waals surface area contributed by atoms with Crippen molar-refractivity contribution in [1.82, 2.24) is 0 Å². The lowest BCUT2D eigenvalue weighted by Gasteiger charge is -2.27. The molecule has 0 aromatic heterocycles. The van der Waals surface area contributed by atoms with Gasteiger partial charge in [-0.25, -0.2) is 0 Å². The van der Waals surface area contributed by atoms with Crippen molar-refractivity contribution in [3.63, 3.8) is 0 Å². The van der Waals surface area contributed by atoms with E-state index < -0.39 is 0 Å². The van der Waals surface area contributed by atoms with Crippen LogP contribution in [0.1, 0.15) is 43.6 Å². The Morgan fingerprint density at radius 2 is 1.06 bits per heavy atom. The molecule has 4 rings (SSSR count). The van der Waals surface area contributed by atoms with Gasteiger partial charge in [-0.05, 0) is 75.2 Å². The molecule has 0 aliphatic carbocycles. The summed E-state index contributed by atoms with van der Waals surface area (Å²) in [5, 5.41) is 0. The number of nitrogens with zero attached hydrogens (tertiary/aromatic N) is 2. The molecule has 0 heterocycles. The van der Waals surface area contributed by atoms with Crippen LogP contribution < -0.4 is 9.80 Å². The van der Waals surface area contributed by atoms with Crippen LogP contribution >= 0.6 is 0 Å². The van der Waals surface area contributed by atoms with Crippen LogP contribution in [0.2, 0.25) is 0 Å². The molecule has 36 heavy (non-hydrogen) atoms. The van der Waals surface area contributed by atoms with Gasteiger partial charge in [0, 0.05) is 59.8 Å². The van der Waals surface area contributed by atoms with Crippen molar-refractivity contribution in [3.8, 4) is 22.3 Å². The standard InChI is InChI=1S/C33H36N2O/c1-5-34(6-2)28-21-19-27(20-22-28)33(36)29-23-24-30(35(7-3)8-4)32(26-17-13-10-14-18-26)31(29)25-15-11-9-12-16-25/h9-24H,5-8H2,1-4H3. The molecule has 0 saturated heterocycles. The van der Waals surface area contributed by atoms with E-state index in [1.807, 2.05) is 42.5 Å². The summed E-state index contributed by atoms with van der Waals surface area (Å²) in [6.45, 7) is 12.3. The van der Waals surface area contributed by atoms with Gasteiger partial charge < -0.3 is 9.80 Å². The van der Waals surface area contributed by atoms with Crippen LogP contribution in [-0.4, -0.2) is 32.0 Å². The largest absolute Gasteiger partial charge is 0.372 e. The molecule has 0 unspecified atom stereocenters. The van der Waals surface area contributed by atoms with Crippen molar-refractivity contribution in [2.75, 3.05) is 36.0 Å². The Morgan fingerprint density at radius 3 is 1.56 bits per heavy atom. The van der Waals surface area contributed by atoms with Gasteiger partial charge in [-0.2, -0.15) is 0 Å². The molecule has 184 valence electrons. The normalized spacial score (nSPS) is 10.8. The van der Waals surface area contributed by atoms with Crippen LogP contribution in [0.15, 0.2) is 97.1 Å². The minimum Gasteiger partial charge on any atom is -0.372 e. The molecule has 0 bridgehead atoms. The van der Waals surface area contributed by atoms with Gasteiger partial charge in [-0.3, -0.25) is 4.79 Å². The zero-order valence-corrected chi connectivity index (χ0v) is 21.9. The lowest BCUT2D eigenvalue weighted by Crippen LogP contribution is -2.23. The van der Waals surface area contributed by atoms with Crippen LogP contribution in [0.5, 0.6) is 0 Å². The Balaban J connectivity index is 1.94. The van der Waals surface area contributed by atoms with Gasteiger partial charge in [0.25, 0.3) is 0 Å². The fraction of sp³-hybridized carbons (Fsp3) is 0.242. The van der Waals surface area contributed by atoms with E-state index in [1.165, 1.54) is 0 Å². The van der Waals surface area contributed by atoms with E-state index in [2.05, 4.69) is 92.1 Å². The highest BCUT2D eigenvalue weighted by molar-refractivity contribution is 6.16. The zero-order chi connectivity index (χ0) is 25.5. The van der Waals surface area contributed by atoms with Crippen molar-refractivity contribution in [2.45, 2.75) is 27.7 Å². The molecule has 0 aliphatic rings. The third-order valence-corrected chi connectivity index (χ3v) is 6.92. The molecule has 0 aliphatic heterocycles. The van der Waals surface area contributed by atoms with E-state index in [1.54, 1.807) is 0 Å². The number of hydrogen-bond acceptors (Lipinski definition) is 3. The van der Waals surface area contributed by atoms with Crippen LogP contribution in [0.4, 0.5) is 11.4 Å². The van der Waals surface area contributed by atoms with Gasteiger partial charge >= 0.3 is 0 Å². The van der Waals surface area contributed by atoms with E-state index >= 15 is 0 Å². The molecule has 0 fully saturated rings. The number of ketones is 1. The highest BCUT2D eigenvalue weighted by Gasteiger charge is 2.23. The molecular weight excluding hydrogens is 440 g/mol. The Morgan fingerprint density at radius 1 is 0.556 bits per heavy atom. The third kappa shape index (κ3) is 5.06. The lowest BCUT2D eigenvalue weighted by molar-refractivity contribution is 0.103. The summed E-state index contributed by atoms with van der Waals surface area (Å²) in [6, 6.07) is 33.0. The Bertz CT molecular complexity index is 1270. The molecule has 0 spiro atoms. The van der Waals surface area contributed by atoms with Gasteiger partial charge in [0.05, 0.1) is 0 Å². The predicted octanol–water partition coefficient (Wildman–Crippen LogP) is 7.94. The van der Waals surface area contributed by atoms with E-state index in [9.17, 15) is 4.79 Å². The van der Waals surface area contributed by atoms with E-state index in [4.69, 9.17) is 0 Å². The Labute approximate surface area is 216 Å². The summed E-state index contributed by atoms with van der Waals surface area (Å²) >= 11 is 0. The quantitative estimate of drug-likeness (QED) is 0.217. The average molecular weight is 477 g/mol. The summed E-state index contributed by atoms with van der Waals surface area (Å²) < 4.78 is 0. The number of rotatable bonds is 10. The highest BCUT2D eigenvalue weighted by atomic mass is 16.1. The van der Waals surface area contributed by atoms with Gasteiger partial charge in [-0.1, -0.05) is 60.7 Å². The molecular formula is C33H36N2O. The second-order valence-corrected chi connectivity index (χ2v) is 8.83. The number of carbonyl (C=O) groups is 1. The SMILES string of the molecule is CCN(CC)c1ccc(C(=O)c2ccc(N(CC)CC)c(-c3ccccc3)c2-c2ccccc2)cc1. The molecule has 0 N–H and O–H groups in total. The van der Waals surface area contributed by atoms with Crippen LogP contribution in [0.25, 0.3) is 22.3 Å². The first kappa shape index (κ1) is 25.2. The molecule has 0 radical (unpaired) electrons. The summed E-state index contributed by atoms with van der Waals surface area (Å²) in [4.78, 5) is 18.7. The summed E-state index contributed by atoms with van der Waals surface area (Å²) in [6.07, 6.45) is 0. The highest BCUT2D eigenvalue weighted by Crippen LogP contribution is 2.42. The van der Waals surface area contributed by atoms with Crippen molar-refractivity contribution in [3.05, 3.63) is 108 Å². The zero-order valence-electron chi connectivity index (χ0n) is 21.9. The van der Waals surface area contributed by atoms with Crippen LogP contribution in [-0.2, 0) is 0 Å². The third-order valence-electron chi connectivity index (χ3n) is 6.92. The van der Waals surface area contributed by atoms with Crippen molar-refractivity contribution >= 4 is 17.2 Å². The van der Waals surface area contributed by atoms with Crippen molar-refractivity contribution < 1.29 is 4.79 Å². The maximum atomic E-state index is 14.0. The number of benzene rings is 4. The van der Waals surface area contributed by atoms with Gasteiger partial charge in [0.1, 0.15) is 0 Å². The van der Waals surface area contributed by atoms with E-state index in [0.29, 0.717) is 5.56 Å². The van der Waals surface area contributed by atoms with Gasteiger partial charge in [-0.15, -0.1) is 0 Å². The first-order chi connectivity index (χ1) is 17.6. The first-order valence-electron chi connectivity index (χ1n) is 13.0. The fourth-order valence-electron chi connectivity index (χ4n) is 4.98. The molecule has 4 aromatic carbocycles. The summed E-state index contributed by atoms with van der Waals surface area (Å²) in [5.41, 5.74) is 7.99. The van der Waals surface area contributed by atoms with Crippen molar-refractivity contribution in [2.24, 2.45) is 0 Å². The fourth-order valence-corrected chi connectivity index (χ4v) is 4.98. The maximum absolute atomic E-state index is 14.0. The molecule has 0 amide bonds. The van der Waals surface area contributed by atoms with Crippen LogP contribution in [0.3, 0.4) is 0 Å². The topological polar surface area (TPSA) is 23.6 Å². The first-order valence-corrected chi connectivity index (χ1v) is 13.0. The molecule has 0 atom stereocenters. The van der Waals surface area contributed by atoms with Crippen LogP contribution in [0, 0.1) is 0 Å². The Kier molecular flexibility index (Phi) is 8.22. The Hall–Kier alpha value is -3.85. The molecule has 4 aromatic rings.